The van der Waals surface area contributed by atoms with Crippen molar-refractivity contribution in [2.45, 2.75) is 96.1 Å². The van der Waals surface area contributed by atoms with Gasteiger partial charge in [0.2, 0.25) is 11.4 Å². The highest BCUT2D eigenvalue weighted by atomic mass is 19.1. The Kier molecular flexibility index (Phi) is 6.55. The van der Waals surface area contributed by atoms with Crippen LogP contribution in [0.4, 0.5) is 4.39 Å². The van der Waals surface area contributed by atoms with Crippen molar-refractivity contribution in [3.05, 3.63) is 131 Å². The monoisotopic (exact) mass is 632 g/mol. The number of benzene rings is 4. The summed E-state index contributed by atoms with van der Waals surface area (Å²) in [7, 11) is 0. The molecule has 2 aromatic heterocycles. The molecule has 6 aromatic rings. The molecule has 48 heavy (non-hydrogen) atoms. The van der Waals surface area contributed by atoms with Crippen molar-refractivity contribution >= 4 is 21.5 Å². The summed E-state index contributed by atoms with van der Waals surface area (Å²) in [6, 6.07) is 31.3. The zero-order chi connectivity index (χ0) is 32.9. The summed E-state index contributed by atoms with van der Waals surface area (Å²) in [6.45, 7) is 12.4. The molecule has 0 radical (unpaired) electrons. The Morgan fingerprint density at radius 1 is 0.792 bits per heavy atom. The Bertz CT molecular complexity index is 2290. The molecule has 2 unspecified atom stereocenters. The minimum Gasteiger partial charge on any atom is -0.207 e. The number of unbranched alkanes of at least 4 members (excludes halogenated alkanes) is 1. The summed E-state index contributed by atoms with van der Waals surface area (Å²) in [6.07, 6.45) is 10.0. The highest BCUT2D eigenvalue weighted by Crippen LogP contribution is 2.59. The van der Waals surface area contributed by atoms with Gasteiger partial charge in [-0.3, -0.25) is 0 Å². The van der Waals surface area contributed by atoms with Crippen LogP contribution in [0.5, 0.6) is 0 Å². The van der Waals surface area contributed by atoms with Gasteiger partial charge < -0.3 is 0 Å². The van der Waals surface area contributed by atoms with E-state index in [1.807, 2.05) is 0 Å². The highest BCUT2D eigenvalue weighted by Gasteiger charge is 2.59. The van der Waals surface area contributed by atoms with Gasteiger partial charge in [0.25, 0.3) is 0 Å². The average Bonchev–Trinajstić information content (AvgIpc) is 3.11. The number of aryl methyl sites for hydroxylation is 1. The van der Waals surface area contributed by atoms with Gasteiger partial charge in [0, 0.05) is 36.0 Å². The largest absolute Gasteiger partial charge is 0.221 e. The molecule has 0 bridgehead atoms. The van der Waals surface area contributed by atoms with E-state index in [1.54, 1.807) is 6.07 Å². The van der Waals surface area contributed by atoms with E-state index >= 15 is 4.39 Å². The van der Waals surface area contributed by atoms with E-state index in [0.29, 0.717) is 0 Å². The van der Waals surface area contributed by atoms with Crippen LogP contribution < -0.4 is 9.13 Å². The van der Waals surface area contributed by atoms with Gasteiger partial charge in [0.1, 0.15) is 5.82 Å². The Labute approximate surface area is 283 Å². The van der Waals surface area contributed by atoms with E-state index in [4.69, 9.17) is 0 Å². The third kappa shape index (κ3) is 3.79. The van der Waals surface area contributed by atoms with E-state index in [9.17, 15) is 0 Å². The number of aromatic nitrogens is 2. The Hall–Kier alpha value is -4.37. The molecule has 3 heteroatoms. The number of hydrogen-bond acceptors (Lipinski definition) is 0. The molecule has 240 valence electrons. The lowest BCUT2D eigenvalue weighted by Gasteiger charge is -2.47. The molecule has 9 rings (SSSR count). The highest BCUT2D eigenvalue weighted by molar-refractivity contribution is 6.02. The van der Waals surface area contributed by atoms with Gasteiger partial charge in [-0.05, 0) is 64.1 Å². The standard InChI is InChI=1S/C45H45FN2/c1-6-9-14-28-25-30-22-24-48-43-38(30)36(26-28)44(4,5)41-37(46)20-19-34(39(41)43)40(45(48,7-2)8-3)35-27-47-23-21-29-15-10-11-16-31(29)42(47)33-18-13-12-17-32(33)35/h10-13,15-26,35,40H,6-9,14,27H2,1-5H3/q+2. The van der Waals surface area contributed by atoms with Gasteiger partial charge in [-0.1, -0.05) is 95.6 Å². The van der Waals surface area contributed by atoms with Crippen LogP contribution in [0.25, 0.3) is 44.1 Å². The molecule has 2 nitrogen and oxygen atoms in total. The summed E-state index contributed by atoms with van der Waals surface area (Å²) in [5.41, 5.74) is 10.6. The van der Waals surface area contributed by atoms with Crippen molar-refractivity contribution in [3.8, 4) is 22.5 Å². The third-order valence-electron chi connectivity index (χ3n) is 12.6. The first kappa shape index (κ1) is 29.7. The molecule has 0 fully saturated rings. The van der Waals surface area contributed by atoms with Gasteiger partial charge in [0.05, 0.1) is 33.7 Å². The molecular weight excluding hydrogens is 588 g/mol. The second kappa shape index (κ2) is 10.6. The number of fused-ring (bicyclic) bond motifs is 5. The van der Waals surface area contributed by atoms with Gasteiger partial charge in [-0.15, -0.1) is 0 Å². The van der Waals surface area contributed by atoms with Gasteiger partial charge in [-0.2, -0.15) is 9.13 Å². The van der Waals surface area contributed by atoms with Crippen molar-refractivity contribution in [2.24, 2.45) is 0 Å². The molecule has 2 atom stereocenters. The van der Waals surface area contributed by atoms with E-state index in [-0.39, 0.29) is 23.2 Å². The van der Waals surface area contributed by atoms with Gasteiger partial charge >= 0.3 is 0 Å². The first-order chi connectivity index (χ1) is 23.3. The van der Waals surface area contributed by atoms with Crippen LogP contribution in [0.1, 0.15) is 100.0 Å². The molecule has 0 spiro atoms. The Balaban J connectivity index is 1.35. The number of nitrogens with zero attached hydrogens (tertiary/aromatic N) is 2. The fourth-order valence-corrected chi connectivity index (χ4v) is 10.4. The maximum Gasteiger partial charge on any atom is 0.221 e. The zero-order valence-electron chi connectivity index (χ0n) is 28.9. The molecule has 1 aliphatic carbocycles. The summed E-state index contributed by atoms with van der Waals surface area (Å²) in [5.74, 6) is 0.291. The minimum absolute atomic E-state index is 0.0820. The van der Waals surface area contributed by atoms with Crippen molar-refractivity contribution < 1.29 is 13.5 Å². The second-order valence-corrected chi connectivity index (χ2v) is 15.1. The molecule has 0 saturated heterocycles. The first-order valence-electron chi connectivity index (χ1n) is 18.2. The van der Waals surface area contributed by atoms with Gasteiger partial charge in [-0.25, -0.2) is 4.39 Å². The van der Waals surface area contributed by atoms with Crippen LogP contribution in [0, 0.1) is 5.82 Å². The van der Waals surface area contributed by atoms with E-state index in [2.05, 4.69) is 135 Å². The van der Waals surface area contributed by atoms with Crippen LogP contribution in [-0.4, -0.2) is 0 Å². The average molecular weight is 633 g/mol. The number of rotatable bonds is 6. The fraction of sp³-hybridized carbons (Fsp3) is 0.333. The summed E-state index contributed by atoms with van der Waals surface area (Å²) >= 11 is 0. The van der Waals surface area contributed by atoms with Gasteiger partial charge in [0.15, 0.2) is 24.5 Å². The molecule has 0 amide bonds. The normalized spacial score (nSPS) is 19.3. The molecule has 4 heterocycles. The predicted molar refractivity (Wildman–Crippen MR) is 194 cm³/mol. The third-order valence-corrected chi connectivity index (χ3v) is 12.6. The van der Waals surface area contributed by atoms with Crippen LogP contribution in [0.2, 0.25) is 0 Å². The fourth-order valence-electron chi connectivity index (χ4n) is 10.4. The summed E-state index contributed by atoms with van der Waals surface area (Å²) in [5, 5.41) is 5.18. The molecule has 3 aliphatic rings. The zero-order valence-corrected chi connectivity index (χ0v) is 28.9. The lowest BCUT2D eigenvalue weighted by atomic mass is 9.58. The van der Waals surface area contributed by atoms with Crippen molar-refractivity contribution in [2.75, 3.05) is 0 Å². The van der Waals surface area contributed by atoms with E-state index in [0.717, 1.165) is 49.8 Å². The summed E-state index contributed by atoms with van der Waals surface area (Å²) in [4.78, 5) is 0. The number of hydrogen-bond donors (Lipinski definition) is 0. The van der Waals surface area contributed by atoms with Crippen molar-refractivity contribution in [1.29, 1.82) is 0 Å². The smallest absolute Gasteiger partial charge is 0.207 e. The van der Waals surface area contributed by atoms with Crippen molar-refractivity contribution in [3.63, 3.8) is 0 Å². The van der Waals surface area contributed by atoms with E-state index in [1.165, 1.54) is 60.8 Å². The second-order valence-electron chi connectivity index (χ2n) is 15.1. The molecule has 2 aliphatic heterocycles. The number of halogens is 1. The van der Waals surface area contributed by atoms with Crippen LogP contribution in [-0.2, 0) is 23.9 Å². The summed E-state index contributed by atoms with van der Waals surface area (Å²) < 4.78 is 21.7. The lowest BCUT2D eigenvalue weighted by molar-refractivity contribution is -0.765. The minimum atomic E-state index is -0.462. The lowest BCUT2D eigenvalue weighted by Crippen LogP contribution is -2.64. The van der Waals surface area contributed by atoms with Crippen LogP contribution in [0.3, 0.4) is 0 Å². The van der Waals surface area contributed by atoms with E-state index < -0.39 is 5.41 Å². The topological polar surface area (TPSA) is 7.76 Å². The number of pyridine rings is 2. The quantitative estimate of drug-likeness (QED) is 0.161. The molecule has 0 N–H and O–H groups in total. The maximum atomic E-state index is 16.6. The molecular formula is C45H45FN2+2. The maximum absolute atomic E-state index is 16.6. The van der Waals surface area contributed by atoms with Crippen molar-refractivity contribution in [1.82, 2.24) is 0 Å². The first-order valence-corrected chi connectivity index (χ1v) is 18.2. The predicted octanol–water partition coefficient (Wildman–Crippen LogP) is 10.4. The van der Waals surface area contributed by atoms with Crippen LogP contribution in [0.15, 0.2) is 97.3 Å². The SMILES string of the molecule is CCCCc1cc2c3c4[n+](ccc3c1)C(CC)(CC)C(C1C[n+]3ccc5ccccc5c3-c3ccccc31)c1ccc(F)c(c1-4)C2(C)C. The molecule has 0 saturated carbocycles. The Morgan fingerprint density at radius 3 is 2.38 bits per heavy atom. The molecule has 4 aromatic carbocycles. The van der Waals surface area contributed by atoms with Crippen LogP contribution >= 0.6 is 0 Å². The Morgan fingerprint density at radius 2 is 1.56 bits per heavy atom.